The van der Waals surface area contributed by atoms with Crippen LogP contribution in [0.15, 0.2) is 23.6 Å². The van der Waals surface area contributed by atoms with Gasteiger partial charge in [-0.1, -0.05) is 0 Å². The number of hydrogen-bond acceptors (Lipinski definition) is 8. The van der Waals surface area contributed by atoms with E-state index in [1.807, 2.05) is 18.2 Å². The third kappa shape index (κ3) is 3.71. The Morgan fingerprint density at radius 3 is 2.90 bits per heavy atom. The summed E-state index contributed by atoms with van der Waals surface area (Å²) < 4.78 is 10.8. The van der Waals surface area contributed by atoms with Crippen LogP contribution in [0.3, 0.4) is 0 Å². The molecule has 10 heteroatoms. The Hall–Kier alpha value is -3.11. The van der Waals surface area contributed by atoms with Crippen molar-refractivity contribution in [2.45, 2.75) is 19.3 Å². The SMILES string of the molecule is O=C(Nc1n[nH]c(C(=O)C2CCOCC2)n1)c1csc(-c2ccc3c(c2)CCO3)n1. The van der Waals surface area contributed by atoms with Gasteiger partial charge in [0.15, 0.2) is 5.82 Å². The van der Waals surface area contributed by atoms with Crippen molar-refractivity contribution < 1.29 is 19.1 Å². The van der Waals surface area contributed by atoms with Gasteiger partial charge in [-0.3, -0.25) is 20.0 Å². The van der Waals surface area contributed by atoms with Crippen molar-refractivity contribution in [3.8, 4) is 16.3 Å². The normalized spacial score (nSPS) is 16.1. The Morgan fingerprint density at radius 1 is 1.17 bits per heavy atom. The highest BCUT2D eigenvalue weighted by Crippen LogP contribution is 2.32. The third-order valence-corrected chi connectivity index (χ3v) is 6.10. The second-order valence-electron chi connectivity index (χ2n) is 7.17. The molecule has 0 saturated carbocycles. The quantitative estimate of drug-likeness (QED) is 0.603. The maximum atomic E-state index is 12.5. The average Bonchev–Trinajstić information content (AvgIpc) is 3.53. The smallest absolute Gasteiger partial charge is 0.277 e. The minimum absolute atomic E-state index is 0.0552. The van der Waals surface area contributed by atoms with Crippen LogP contribution in [0.1, 0.15) is 39.5 Å². The van der Waals surface area contributed by atoms with Crippen molar-refractivity contribution in [1.29, 1.82) is 0 Å². The molecular formula is C20H19N5O4S. The molecule has 2 N–H and O–H groups in total. The van der Waals surface area contributed by atoms with E-state index in [0.29, 0.717) is 32.7 Å². The molecule has 4 heterocycles. The second-order valence-corrected chi connectivity index (χ2v) is 8.03. The summed E-state index contributed by atoms with van der Waals surface area (Å²) >= 11 is 1.39. The molecule has 5 rings (SSSR count). The zero-order valence-electron chi connectivity index (χ0n) is 16.0. The lowest BCUT2D eigenvalue weighted by atomic mass is 9.95. The zero-order chi connectivity index (χ0) is 20.5. The van der Waals surface area contributed by atoms with Crippen LogP contribution in [0, 0.1) is 5.92 Å². The largest absolute Gasteiger partial charge is 0.493 e. The summed E-state index contributed by atoms with van der Waals surface area (Å²) in [5.41, 5.74) is 2.37. The molecular weight excluding hydrogens is 406 g/mol. The number of nitrogens with one attached hydrogen (secondary N) is 2. The van der Waals surface area contributed by atoms with Gasteiger partial charge >= 0.3 is 0 Å². The first kappa shape index (κ1) is 18.9. The summed E-state index contributed by atoms with van der Waals surface area (Å²) in [5.74, 6) is 0.447. The van der Waals surface area contributed by atoms with Crippen LogP contribution < -0.4 is 10.1 Å². The van der Waals surface area contributed by atoms with Gasteiger partial charge in [-0.05, 0) is 36.6 Å². The lowest BCUT2D eigenvalue weighted by Gasteiger charge is -2.19. The van der Waals surface area contributed by atoms with Crippen molar-refractivity contribution in [2.75, 3.05) is 25.1 Å². The molecule has 2 aliphatic rings. The molecule has 30 heavy (non-hydrogen) atoms. The maximum Gasteiger partial charge on any atom is 0.277 e. The van der Waals surface area contributed by atoms with Crippen LogP contribution in [0.5, 0.6) is 5.75 Å². The number of H-pyrrole nitrogens is 1. The fraction of sp³-hybridized carbons (Fsp3) is 0.350. The number of Topliss-reactive ketones (excluding diaryl/α,β-unsaturated/α-hetero) is 1. The van der Waals surface area contributed by atoms with Gasteiger partial charge in [-0.2, -0.15) is 4.98 Å². The number of ether oxygens (including phenoxy) is 2. The standard InChI is InChI=1S/C20H19N5O4S/c26-16(11-3-6-28-7-4-11)17-22-20(25-24-17)23-18(27)14-10-30-19(21-14)13-1-2-15-12(9-13)5-8-29-15/h1-2,9-11H,3-8H2,(H2,22,23,24,25,27). The summed E-state index contributed by atoms with van der Waals surface area (Å²) in [4.78, 5) is 33.6. The first-order valence-corrected chi connectivity index (χ1v) is 10.6. The Labute approximate surface area is 175 Å². The van der Waals surface area contributed by atoms with Crippen LogP contribution in [0.2, 0.25) is 0 Å². The molecule has 0 spiro atoms. The summed E-state index contributed by atoms with van der Waals surface area (Å²) in [6.45, 7) is 1.83. The maximum absolute atomic E-state index is 12.5. The minimum Gasteiger partial charge on any atom is -0.493 e. The summed E-state index contributed by atoms with van der Waals surface area (Å²) in [6, 6.07) is 5.92. The molecule has 1 amide bonds. The predicted octanol–water partition coefficient (Wildman–Crippen LogP) is 2.72. The van der Waals surface area contributed by atoms with Gasteiger partial charge in [0.2, 0.25) is 11.7 Å². The number of thiazole rings is 1. The minimum atomic E-state index is -0.425. The molecule has 1 aromatic carbocycles. The predicted molar refractivity (Wildman–Crippen MR) is 109 cm³/mol. The first-order valence-electron chi connectivity index (χ1n) is 9.75. The number of anilines is 1. The number of hydrogen-bond donors (Lipinski definition) is 2. The number of nitrogens with zero attached hydrogens (tertiary/aromatic N) is 3. The van der Waals surface area contributed by atoms with Gasteiger partial charge in [0.05, 0.1) is 6.61 Å². The van der Waals surface area contributed by atoms with Gasteiger partial charge in [0.1, 0.15) is 16.5 Å². The van der Waals surface area contributed by atoms with Crippen molar-refractivity contribution in [3.05, 3.63) is 40.7 Å². The van der Waals surface area contributed by atoms with Crippen LogP contribution in [0.25, 0.3) is 10.6 Å². The van der Waals surface area contributed by atoms with E-state index in [4.69, 9.17) is 9.47 Å². The Bertz CT molecular complexity index is 1100. The summed E-state index contributed by atoms with van der Waals surface area (Å²) in [6.07, 6.45) is 2.21. The number of ketones is 1. The number of rotatable bonds is 5. The number of carbonyl (C=O) groups excluding carboxylic acids is 2. The fourth-order valence-electron chi connectivity index (χ4n) is 3.58. The highest BCUT2D eigenvalue weighted by atomic mass is 32.1. The number of fused-ring (bicyclic) bond motifs is 1. The van der Waals surface area contributed by atoms with Crippen LogP contribution in [-0.2, 0) is 11.2 Å². The molecule has 154 valence electrons. The molecule has 2 aliphatic heterocycles. The Morgan fingerprint density at radius 2 is 2.03 bits per heavy atom. The van der Waals surface area contributed by atoms with E-state index in [0.717, 1.165) is 28.3 Å². The van der Waals surface area contributed by atoms with Crippen molar-refractivity contribution in [2.24, 2.45) is 5.92 Å². The highest BCUT2D eigenvalue weighted by molar-refractivity contribution is 7.13. The molecule has 0 atom stereocenters. The number of amides is 1. The van der Waals surface area contributed by atoms with Crippen LogP contribution >= 0.6 is 11.3 Å². The summed E-state index contributed by atoms with van der Waals surface area (Å²) in [7, 11) is 0. The monoisotopic (exact) mass is 425 g/mol. The average molecular weight is 425 g/mol. The molecule has 2 aromatic heterocycles. The van der Waals surface area contributed by atoms with Crippen LogP contribution in [0.4, 0.5) is 5.95 Å². The molecule has 1 fully saturated rings. The van der Waals surface area contributed by atoms with Gasteiger partial charge in [-0.15, -0.1) is 16.4 Å². The summed E-state index contributed by atoms with van der Waals surface area (Å²) in [5, 5.41) is 11.6. The van der Waals surface area contributed by atoms with Crippen molar-refractivity contribution in [1.82, 2.24) is 20.2 Å². The molecule has 3 aromatic rings. The van der Waals surface area contributed by atoms with E-state index in [-0.39, 0.29) is 29.2 Å². The first-order chi connectivity index (χ1) is 14.7. The van der Waals surface area contributed by atoms with Crippen molar-refractivity contribution in [3.63, 3.8) is 0 Å². The van der Waals surface area contributed by atoms with Gasteiger partial charge < -0.3 is 9.47 Å². The van der Waals surface area contributed by atoms with E-state index in [2.05, 4.69) is 25.5 Å². The highest BCUT2D eigenvalue weighted by Gasteiger charge is 2.26. The number of aromatic nitrogens is 4. The lowest BCUT2D eigenvalue weighted by Crippen LogP contribution is -2.24. The lowest BCUT2D eigenvalue weighted by molar-refractivity contribution is 0.0538. The van der Waals surface area contributed by atoms with E-state index < -0.39 is 5.91 Å². The van der Waals surface area contributed by atoms with E-state index >= 15 is 0 Å². The van der Waals surface area contributed by atoms with E-state index in [1.54, 1.807) is 5.38 Å². The number of aromatic amines is 1. The van der Waals surface area contributed by atoms with Gasteiger partial charge in [0.25, 0.3) is 5.91 Å². The fourth-order valence-corrected chi connectivity index (χ4v) is 4.37. The zero-order valence-corrected chi connectivity index (χ0v) is 16.8. The van der Waals surface area contributed by atoms with E-state index in [1.165, 1.54) is 11.3 Å². The van der Waals surface area contributed by atoms with Gasteiger partial charge in [0, 0.05) is 36.5 Å². The molecule has 9 nitrogen and oxygen atoms in total. The molecule has 1 saturated heterocycles. The van der Waals surface area contributed by atoms with Crippen LogP contribution in [-0.4, -0.2) is 51.7 Å². The van der Waals surface area contributed by atoms with Crippen molar-refractivity contribution >= 4 is 29.0 Å². The molecule has 0 radical (unpaired) electrons. The molecule has 0 bridgehead atoms. The third-order valence-electron chi connectivity index (χ3n) is 5.21. The molecule has 0 unspecified atom stereocenters. The Balaban J connectivity index is 1.26. The topological polar surface area (TPSA) is 119 Å². The number of carbonyl (C=O) groups is 2. The second kappa shape index (κ2) is 7.96. The van der Waals surface area contributed by atoms with E-state index in [9.17, 15) is 9.59 Å². The Kier molecular flexibility index (Phi) is 5.01. The molecule has 0 aliphatic carbocycles. The van der Waals surface area contributed by atoms with Gasteiger partial charge in [-0.25, -0.2) is 4.98 Å². The number of benzene rings is 1.